The summed E-state index contributed by atoms with van der Waals surface area (Å²) in [5.74, 6) is 1.48. The van der Waals surface area contributed by atoms with Gasteiger partial charge >= 0.3 is 0 Å². The number of hydrogen-bond acceptors (Lipinski definition) is 6. The van der Waals surface area contributed by atoms with Crippen molar-refractivity contribution in [3.05, 3.63) is 12.3 Å². The van der Waals surface area contributed by atoms with E-state index in [4.69, 9.17) is 10.5 Å². The largest absolute Gasteiger partial charge is 0.478 e. The Balaban J connectivity index is 0.00000312. The maximum atomic E-state index is 12.6. The number of amides is 1. The fraction of sp³-hybridized carbons (Fsp3) is 0.706. The second-order valence-electron chi connectivity index (χ2n) is 6.21. The van der Waals surface area contributed by atoms with E-state index in [-0.39, 0.29) is 24.2 Å². The van der Waals surface area contributed by atoms with Crippen molar-refractivity contribution in [1.29, 1.82) is 0 Å². The van der Waals surface area contributed by atoms with Gasteiger partial charge in [0.2, 0.25) is 17.7 Å². The molecule has 0 spiro atoms. The number of rotatable bonds is 6. The molecule has 1 aliphatic rings. The molecule has 1 aliphatic heterocycles. The number of halogens is 1. The number of aromatic nitrogens is 2. The van der Waals surface area contributed by atoms with Gasteiger partial charge in [0.1, 0.15) is 0 Å². The van der Waals surface area contributed by atoms with E-state index in [1.165, 1.54) is 0 Å². The Bertz CT molecular complexity index is 546. The van der Waals surface area contributed by atoms with Crippen molar-refractivity contribution in [2.75, 3.05) is 37.7 Å². The van der Waals surface area contributed by atoms with E-state index in [1.54, 1.807) is 12.3 Å². The molecule has 2 unspecified atom stereocenters. The molecule has 2 N–H and O–H groups in total. The minimum absolute atomic E-state index is 0. The van der Waals surface area contributed by atoms with E-state index in [2.05, 4.69) is 21.8 Å². The standard InChI is InChI=1S/C17H29N5O2.ClH/c1-4-13(3)15(18)16(23)21-9-6-10-22(12-11-21)17-19-8-7-14(20-17)24-5-2;/h7-8,13,15H,4-6,9-12,18H2,1-3H3;1H. The van der Waals surface area contributed by atoms with E-state index in [0.717, 1.165) is 25.9 Å². The first-order valence-corrected chi connectivity index (χ1v) is 8.82. The van der Waals surface area contributed by atoms with Gasteiger partial charge < -0.3 is 20.3 Å². The first kappa shape index (κ1) is 21.4. The molecule has 1 amide bonds. The van der Waals surface area contributed by atoms with E-state index in [9.17, 15) is 4.79 Å². The lowest BCUT2D eigenvalue weighted by Gasteiger charge is -2.27. The first-order chi connectivity index (χ1) is 11.6. The maximum Gasteiger partial charge on any atom is 0.239 e. The molecule has 0 saturated carbocycles. The fourth-order valence-corrected chi connectivity index (χ4v) is 2.76. The summed E-state index contributed by atoms with van der Waals surface area (Å²) in [7, 11) is 0. The predicted octanol–water partition coefficient (Wildman–Crippen LogP) is 1.71. The average molecular weight is 372 g/mol. The van der Waals surface area contributed by atoms with Crippen molar-refractivity contribution in [3.63, 3.8) is 0 Å². The van der Waals surface area contributed by atoms with Gasteiger partial charge in [-0.1, -0.05) is 20.3 Å². The number of ether oxygens (including phenoxy) is 1. The molecule has 0 radical (unpaired) electrons. The van der Waals surface area contributed by atoms with Gasteiger partial charge in [-0.05, 0) is 19.3 Å². The molecule has 25 heavy (non-hydrogen) atoms. The highest BCUT2D eigenvalue weighted by Gasteiger charge is 2.27. The van der Waals surface area contributed by atoms with Gasteiger partial charge in [0.05, 0.1) is 12.6 Å². The maximum absolute atomic E-state index is 12.6. The van der Waals surface area contributed by atoms with Crippen LogP contribution in [-0.2, 0) is 4.79 Å². The van der Waals surface area contributed by atoms with Crippen molar-refractivity contribution in [1.82, 2.24) is 14.9 Å². The van der Waals surface area contributed by atoms with Crippen LogP contribution in [0.5, 0.6) is 5.88 Å². The molecule has 142 valence electrons. The highest BCUT2D eigenvalue weighted by Crippen LogP contribution is 2.16. The molecule has 1 aromatic heterocycles. The molecule has 0 bridgehead atoms. The minimum atomic E-state index is -0.418. The number of nitrogens with two attached hydrogens (primary N) is 1. The lowest BCUT2D eigenvalue weighted by molar-refractivity contribution is -0.133. The summed E-state index contributed by atoms with van der Waals surface area (Å²) >= 11 is 0. The summed E-state index contributed by atoms with van der Waals surface area (Å²) < 4.78 is 5.44. The van der Waals surface area contributed by atoms with Gasteiger partial charge in [-0.3, -0.25) is 4.79 Å². The van der Waals surface area contributed by atoms with Crippen LogP contribution in [0.2, 0.25) is 0 Å². The molecule has 8 heteroatoms. The molecule has 0 aliphatic carbocycles. The van der Waals surface area contributed by atoms with Gasteiger partial charge in [0.25, 0.3) is 0 Å². The molecule has 2 heterocycles. The zero-order valence-corrected chi connectivity index (χ0v) is 16.2. The van der Waals surface area contributed by atoms with Crippen LogP contribution in [0.15, 0.2) is 12.3 Å². The van der Waals surface area contributed by atoms with Crippen LogP contribution in [0.1, 0.15) is 33.6 Å². The average Bonchev–Trinajstić information content (AvgIpc) is 2.86. The number of carbonyl (C=O) groups excluding carboxylic acids is 1. The van der Waals surface area contributed by atoms with E-state index in [0.29, 0.717) is 31.5 Å². The van der Waals surface area contributed by atoms with Crippen molar-refractivity contribution >= 4 is 24.3 Å². The number of carbonyl (C=O) groups is 1. The Kier molecular flexibility index (Phi) is 8.92. The highest BCUT2D eigenvalue weighted by molar-refractivity contribution is 5.85. The normalized spacial score (nSPS) is 17.3. The van der Waals surface area contributed by atoms with Crippen LogP contribution in [-0.4, -0.2) is 59.6 Å². The Labute approximate surface area is 156 Å². The molecule has 1 aromatic rings. The Hall–Kier alpha value is -1.60. The Morgan fingerprint density at radius 1 is 1.32 bits per heavy atom. The summed E-state index contributed by atoms with van der Waals surface area (Å²) in [6, 6.07) is 1.34. The molecule has 1 fully saturated rings. The fourth-order valence-electron chi connectivity index (χ4n) is 2.76. The van der Waals surface area contributed by atoms with Gasteiger partial charge in [0.15, 0.2) is 0 Å². The molecule has 7 nitrogen and oxygen atoms in total. The molecular weight excluding hydrogens is 342 g/mol. The third-order valence-electron chi connectivity index (χ3n) is 4.54. The van der Waals surface area contributed by atoms with Crippen LogP contribution in [0, 0.1) is 5.92 Å². The second kappa shape index (κ2) is 10.4. The van der Waals surface area contributed by atoms with Crippen LogP contribution < -0.4 is 15.4 Å². The van der Waals surface area contributed by atoms with Gasteiger partial charge in [0, 0.05) is 38.4 Å². The molecule has 0 aromatic carbocycles. The molecule has 2 atom stereocenters. The summed E-state index contributed by atoms with van der Waals surface area (Å²) in [5, 5.41) is 0. The number of hydrogen-bond donors (Lipinski definition) is 1. The lowest BCUT2D eigenvalue weighted by atomic mass is 9.99. The zero-order chi connectivity index (χ0) is 17.5. The minimum Gasteiger partial charge on any atom is -0.478 e. The van der Waals surface area contributed by atoms with E-state index in [1.807, 2.05) is 18.7 Å². The summed E-state index contributed by atoms with van der Waals surface area (Å²) in [4.78, 5) is 25.3. The first-order valence-electron chi connectivity index (χ1n) is 8.82. The topological polar surface area (TPSA) is 84.6 Å². The summed E-state index contributed by atoms with van der Waals surface area (Å²) in [6.07, 6.45) is 3.49. The van der Waals surface area contributed by atoms with Crippen LogP contribution in [0.4, 0.5) is 5.95 Å². The lowest BCUT2D eigenvalue weighted by Crippen LogP contribution is -2.48. The van der Waals surface area contributed by atoms with E-state index < -0.39 is 6.04 Å². The quantitative estimate of drug-likeness (QED) is 0.819. The van der Waals surface area contributed by atoms with Gasteiger partial charge in [-0.15, -0.1) is 12.4 Å². The smallest absolute Gasteiger partial charge is 0.239 e. The zero-order valence-electron chi connectivity index (χ0n) is 15.4. The molecular formula is C17H30ClN5O2. The predicted molar refractivity (Wildman–Crippen MR) is 101 cm³/mol. The van der Waals surface area contributed by atoms with Crippen LogP contribution in [0.25, 0.3) is 0 Å². The third-order valence-corrected chi connectivity index (χ3v) is 4.54. The third kappa shape index (κ3) is 5.71. The van der Waals surface area contributed by atoms with Crippen LogP contribution >= 0.6 is 12.4 Å². The Morgan fingerprint density at radius 2 is 2.08 bits per heavy atom. The number of nitrogens with zero attached hydrogens (tertiary/aromatic N) is 4. The van der Waals surface area contributed by atoms with Gasteiger partial charge in [-0.2, -0.15) is 4.98 Å². The van der Waals surface area contributed by atoms with Crippen molar-refractivity contribution < 1.29 is 9.53 Å². The highest BCUT2D eigenvalue weighted by atomic mass is 35.5. The van der Waals surface area contributed by atoms with Crippen molar-refractivity contribution in [2.45, 2.75) is 39.7 Å². The van der Waals surface area contributed by atoms with Crippen molar-refractivity contribution in [2.24, 2.45) is 11.7 Å². The van der Waals surface area contributed by atoms with E-state index >= 15 is 0 Å². The van der Waals surface area contributed by atoms with Crippen LogP contribution in [0.3, 0.4) is 0 Å². The molecule has 2 rings (SSSR count). The van der Waals surface area contributed by atoms with Crippen molar-refractivity contribution in [3.8, 4) is 5.88 Å². The second-order valence-corrected chi connectivity index (χ2v) is 6.21. The molecule has 1 saturated heterocycles. The monoisotopic (exact) mass is 371 g/mol. The summed E-state index contributed by atoms with van der Waals surface area (Å²) in [6.45, 7) is 9.48. The SMILES string of the molecule is CCOc1ccnc(N2CCCN(C(=O)C(N)C(C)CC)CC2)n1.Cl. The summed E-state index contributed by atoms with van der Waals surface area (Å²) in [5.41, 5.74) is 6.11. The number of anilines is 1. The van der Waals surface area contributed by atoms with Gasteiger partial charge in [-0.25, -0.2) is 4.98 Å². The Morgan fingerprint density at radius 3 is 2.76 bits per heavy atom.